The van der Waals surface area contributed by atoms with Crippen LogP contribution in [0.2, 0.25) is 0 Å². The summed E-state index contributed by atoms with van der Waals surface area (Å²) in [6, 6.07) is 5.87. The fourth-order valence-electron chi connectivity index (χ4n) is 2.93. The molecule has 136 valence electrons. The zero-order valence-corrected chi connectivity index (χ0v) is 16.0. The van der Waals surface area contributed by atoms with Gasteiger partial charge in [0.1, 0.15) is 0 Å². The third-order valence-corrected chi connectivity index (χ3v) is 4.77. The topological polar surface area (TPSA) is 59.6 Å². The predicted molar refractivity (Wildman–Crippen MR) is 98.4 cm³/mol. The summed E-state index contributed by atoms with van der Waals surface area (Å²) in [5, 5.41) is 6.58. The van der Waals surface area contributed by atoms with Gasteiger partial charge in [-0.3, -0.25) is 4.79 Å². The molecule has 6 heteroatoms. The maximum Gasteiger partial charge on any atom is 0.230 e. The molecule has 1 aliphatic rings. The summed E-state index contributed by atoms with van der Waals surface area (Å²) in [4.78, 5) is 12.8. The smallest absolute Gasteiger partial charge is 0.230 e. The first-order valence-electron chi connectivity index (χ1n) is 8.14. The van der Waals surface area contributed by atoms with Crippen molar-refractivity contribution in [1.29, 1.82) is 0 Å². The average Bonchev–Trinajstić information content (AvgIpc) is 2.56. The molecule has 0 aliphatic carbocycles. The monoisotopic (exact) mass is 356 g/mol. The number of halogens is 1. The lowest BCUT2D eigenvalue weighted by atomic mass is 9.82. The van der Waals surface area contributed by atoms with E-state index in [0.717, 1.165) is 25.1 Å². The second kappa shape index (κ2) is 8.58. The molecule has 0 radical (unpaired) electrons. The molecule has 1 amide bonds. The van der Waals surface area contributed by atoms with Crippen LogP contribution in [0.1, 0.15) is 32.8 Å². The summed E-state index contributed by atoms with van der Waals surface area (Å²) in [7, 11) is 3.21. The van der Waals surface area contributed by atoms with E-state index in [0.29, 0.717) is 17.4 Å². The van der Waals surface area contributed by atoms with E-state index < -0.39 is 5.41 Å². The Morgan fingerprint density at radius 2 is 1.92 bits per heavy atom. The van der Waals surface area contributed by atoms with Crippen molar-refractivity contribution in [3.05, 3.63) is 23.8 Å². The van der Waals surface area contributed by atoms with E-state index >= 15 is 0 Å². The Morgan fingerprint density at radius 1 is 1.25 bits per heavy atom. The van der Waals surface area contributed by atoms with Crippen LogP contribution in [-0.2, 0) is 10.2 Å². The summed E-state index contributed by atoms with van der Waals surface area (Å²) in [6.07, 6.45) is 0.967. The van der Waals surface area contributed by atoms with E-state index in [1.165, 1.54) is 0 Å². The Hall–Kier alpha value is -1.46. The number of carbonyl (C=O) groups is 1. The molecule has 1 aromatic rings. The van der Waals surface area contributed by atoms with Gasteiger partial charge in [0.05, 0.1) is 19.6 Å². The number of rotatable bonds is 5. The van der Waals surface area contributed by atoms with Crippen molar-refractivity contribution in [2.75, 3.05) is 27.3 Å². The minimum absolute atomic E-state index is 0. The maximum atomic E-state index is 12.8. The number of methoxy groups -OCH3 is 2. The number of hydrogen-bond acceptors (Lipinski definition) is 4. The molecular weight excluding hydrogens is 328 g/mol. The van der Waals surface area contributed by atoms with E-state index in [9.17, 15) is 4.79 Å². The van der Waals surface area contributed by atoms with Crippen LogP contribution < -0.4 is 20.1 Å². The number of benzene rings is 1. The lowest BCUT2D eigenvalue weighted by molar-refractivity contribution is -0.126. The lowest BCUT2D eigenvalue weighted by Gasteiger charge is -2.34. The highest BCUT2D eigenvalue weighted by molar-refractivity contribution is 5.87. The van der Waals surface area contributed by atoms with Gasteiger partial charge in [-0.25, -0.2) is 0 Å². The van der Waals surface area contributed by atoms with Crippen molar-refractivity contribution in [2.45, 2.75) is 38.6 Å². The molecule has 24 heavy (non-hydrogen) atoms. The number of hydrogen-bond donors (Lipinski definition) is 2. The van der Waals surface area contributed by atoms with Crippen LogP contribution in [0.4, 0.5) is 0 Å². The standard InChI is InChI=1S/C18H28N2O3.ClH/c1-12-11-19-9-8-14(12)20-17(21)18(2,3)13-6-7-15(22-4)16(10-13)23-5;/h6-7,10,12,14,19H,8-9,11H2,1-5H3,(H,20,21);1H. The number of ether oxygens (including phenoxy) is 2. The van der Waals surface area contributed by atoms with Crippen LogP contribution in [0.15, 0.2) is 18.2 Å². The molecule has 0 bridgehead atoms. The van der Waals surface area contributed by atoms with Gasteiger partial charge in [-0.05, 0) is 57.0 Å². The van der Waals surface area contributed by atoms with Crippen molar-refractivity contribution in [2.24, 2.45) is 5.92 Å². The molecule has 5 nitrogen and oxygen atoms in total. The second-order valence-corrected chi connectivity index (χ2v) is 6.74. The van der Waals surface area contributed by atoms with Crippen LogP contribution in [0, 0.1) is 5.92 Å². The van der Waals surface area contributed by atoms with Gasteiger partial charge in [-0.1, -0.05) is 13.0 Å². The Balaban J connectivity index is 0.00000288. The highest BCUT2D eigenvalue weighted by Crippen LogP contribution is 2.33. The van der Waals surface area contributed by atoms with Gasteiger partial charge in [-0.2, -0.15) is 0 Å². The summed E-state index contributed by atoms with van der Waals surface area (Å²) in [5.41, 5.74) is 0.277. The fraction of sp³-hybridized carbons (Fsp3) is 0.611. The number of carbonyl (C=O) groups excluding carboxylic acids is 1. The van der Waals surface area contributed by atoms with Gasteiger partial charge in [0.25, 0.3) is 0 Å². The van der Waals surface area contributed by atoms with Crippen LogP contribution in [-0.4, -0.2) is 39.3 Å². The molecule has 0 saturated carbocycles. The van der Waals surface area contributed by atoms with E-state index in [1.54, 1.807) is 14.2 Å². The summed E-state index contributed by atoms with van der Waals surface area (Å²) in [6.45, 7) is 7.94. The Labute approximate surface area is 150 Å². The van der Waals surface area contributed by atoms with E-state index in [-0.39, 0.29) is 24.4 Å². The van der Waals surface area contributed by atoms with E-state index in [2.05, 4.69) is 17.6 Å². The molecular formula is C18H29ClN2O3. The zero-order valence-electron chi connectivity index (χ0n) is 15.1. The predicted octanol–water partition coefficient (Wildman–Crippen LogP) is 2.52. The minimum atomic E-state index is -0.635. The molecule has 1 fully saturated rings. The third kappa shape index (κ3) is 4.33. The summed E-state index contributed by atoms with van der Waals surface area (Å²) in [5.74, 6) is 1.79. The van der Waals surface area contributed by atoms with Crippen molar-refractivity contribution in [1.82, 2.24) is 10.6 Å². The molecule has 2 N–H and O–H groups in total. The van der Waals surface area contributed by atoms with Crippen molar-refractivity contribution < 1.29 is 14.3 Å². The molecule has 2 rings (SSSR count). The van der Waals surface area contributed by atoms with Gasteiger partial charge in [0, 0.05) is 6.04 Å². The highest BCUT2D eigenvalue weighted by atomic mass is 35.5. The summed E-state index contributed by atoms with van der Waals surface area (Å²) >= 11 is 0. The normalized spacial score (nSPS) is 20.7. The molecule has 1 heterocycles. The van der Waals surface area contributed by atoms with Gasteiger partial charge < -0.3 is 20.1 Å². The highest BCUT2D eigenvalue weighted by Gasteiger charge is 2.33. The molecule has 1 aliphatic heterocycles. The van der Waals surface area contributed by atoms with Crippen LogP contribution in [0.5, 0.6) is 11.5 Å². The second-order valence-electron chi connectivity index (χ2n) is 6.74. The SMILES string of the molecule is COc1ccc(C(C)(C)C(=O)NC2CCNCC2C)cc1OC.Cl. The van der Waals surface area contributed by atoms with Gasteiger partial charge >= 0.3 is 0 Å². The van der Waals surface area contributed by atoms with Gasteiger partial charge in [0.15, 0.2) is 11.5 Å². The number of nitrogens with one attached hydrogen (secondary N) is 2. The summed E-state index contributed by atoms with van der Waals surface area (Å²) < 4.78 is 10.6. The largest absolute Gasteiger partial charge is 0.493 e. The Kier molecular flexibility index (Phi) is 7.36. The van der Waals surface area contributed by atoms with E-state index in [1.807, 2.05) is 32.0 Å². The lowest BCUT2D eigenvalue weighted by Crippen LogP contribution is -2.52. The first-order valence-corrected chi connectivity index (χ1v) is 8.14. The van der Waals surface area contributed by atoms with Crippen molar-refractivity contribution in [3.8, 4) is 11.5 Å². The van der Waals surface area contributed by atoms with Crippen molar-refractivity contribution >= 4 is 18.3 Å². The molecule has 2 unspecified atom stereocenters. The number of amides is 1. The van der Waals surface area contributed by atoms with Gasteiger partial charge in [0.2, 0.25) is 5.91 Å². The maximum absolute atomic E-state index is 12.8. The van der Waals surface area contributed by atoms with E-state index in [4.69, 9.17) is 9.47 Å². The zero-order chi connectivity index (χ0) is 17.0. The van der Waals surface area contributed by atoms with Gasteiger partial charge in [-0.15, -0.1) is 12.4 Å². The van der Waals surface area contributed by atoms with Crippen LogP contribution in [0.25, 0.3) is 0 Å². The molecule has 1 aromatic carbocycles. The fourth-order valence-corrected chi connectivity index (χ4v) is 2.93. The first-order chi connectivity index (χ1) is 10.9. The van der Waals surface area contributed by atoms with Crippen molar-refractivity contribution in [3.63, 3.8) is 0 Å². The third-order valence-electron chi connectivity index (χ3n) is 4.77. The number of piperidine rings is 1. The first kappa shape index (κ1) is 20.6. The molecule has 2 atom stereocenters. The Bertz CT molecular complexity index is 563. The van der Waals surface area contributed by atoms with Crippen LogP contribution >= 0.6 is 12.4 Å². The average molecular weight is 357 g/mol. The quantitative estimate of drug-likeness (QED) is 0.851. The Morgan fingerprint density at radius 3 is 2.50 bits per heavy atom. The van der Waals surface area contributed by atoms with Crippen LogP contribution in [0.3, 0.4) is 0 Å². The molecule has 0 spiro atoms. The minimum Gasteiger partial charge on any atom is -0.493 e. The molecule has 0 aromatic heterocycles. The molecule has 1 saturated heterocycles.